The third-order valence-corrected chi connectivity index (χ3v) is 8.79. The van der Waals surface area contributed by atoms with E-state index in [0.717, 1.165) is 33.7 Å². The Morgan fingerprint density at radius 2 is 1.65 bits per heavy atom. The minimum absolute atomic E-state index is 0.0802. The smallest absolute Gasteiger partial charge is 0.201 e. The van der Waals surface area contributed by atoms with Gasteiger partial charge in [0.25, 0.3) is 0 Å². The molecule has 0 atom stereocenters. The molecule has 3 aromatic rings. The van der Waals surface area contributed by atoms with Crippen molar-refractivity contribution in [3.05, 3.63) is 116 Å². The molecule has 0 spiro atoms. The minimum Gasteiger partial charge on any atom is -0.506 e. The van der Waals surface area contributed by atoms with Crippen LogP contribution in [0.15, 0.2) is 93.9 Å². The number of nitrogens with one attached hydrogen (secondary N) is 1. The fourth-order valence-corrected chi connectivity index (χ4v) is 6.81. The first-order chi connectivity index (χ1) is 17.4. The van der Waals surface area contributed by atoms with Crippen molar-refractivity contribution in [3.63, 3.8) is 0 Å². The summed E-state index contributed by atoms with van der Waals surface area (Å²) in [6.45, 7) is 12.5. The lowest BCUT2D eigenvalue weighted by Gasteiger charge is -2.31. The molecule has 3 aliphatic rings. The van der Waals surface area contributed by atoms with E-state index in [0.29, 0.717) is 16.2 Å². The van der Waals surface area contributed by atoms with E-state index in [-0.39, 0.29) is 22.4 Å². The molecule has 37 heavy (non-hydrogen) atoms. The van der Waals surface area contributed by atoms with Gasteiger partial charge in [-0.05, 0) is 76.2 Å². The Labute approximate surface area is 222 Å². The van der Waals surface area contributed by atoms with Crippen molar-refractivity contribution in [2.24, 2.45) is 0 Å². The number of benzene rings is 3. The first kappa shape index (κ1) is 23.8. The Hall–Kier alpha value is -3.56. The van der Waals surface area contributed by atoms with Crippen LogP contribution in [0.4, 0.5) is 5.69 Å². The Balaban J connectivity index is 1.43. The summed E-state index contributed by atoms with van der Waals surface area (Å²) in [5.74, 6) is -0.0271. The van der Waals surface area contributed by atoms with Gasteiger partial charge in [0.1, 0.15) is 5.76 Å². The lowest BCUT2D eigenvalue weighted by atomic mass is 9.72. The highest BCUT2D eigenvalue weighted by atomic mass is 35.5. The zero-order valence-corrected chi connectivity index (χ0v) is 22.8. The maximum atomic E-state index is 13.6. The molecule has 0 fully saturated rings. The summed E-state index contributed by atoms with van der Waals surface area (Å²) in [4.78, 5) is 13.6. The molecule has 2 N–H and O–H groups in total. The van der Waals surface area contributed by atoms with E-state index in [1.165, 1.54) is 21.9 Å². The van der Waals surface area contributed by atoms with Crippen molar-refractivity contribution in [3.8, 4) is 0 Å². The fourth-order valence-electron chi connectivity index (χ4n) is 6.64. The zero-order chi connectivity index (χ0) is 26.4. The lowest BCUT2D eigenvalue weighted by molar-refractivity contribution is -0.113. The van der Waals surface area contributed by atoms with Crippen molar-refractivity contribution in [1.29, 1.82) is 0 Å². The van der Waals surface area contributed by atoms with Gasteiger partial charge < -0.3 is 10.4 Å². The number of hydrogen-bond acceptors (Lipinski definition) is 3. The van der Waals surface area contributed by atoms with Gasteiger partial charge in [0.2, 0.25) is 5.78 Å². The Bertz CT molecular complexity index is 1690. The molecular weight excluding hydrogens is 478 g/mol. The van der Waals surface area contributed by atoms with E-state index in [1.54, 1.807) is 0 Å². The summed E-state index contributed by atoms with van der Waals surface area (Å²) in [6, 6.07) is 18.5. The second kappa shape index (κ2) is 7.72. The lowest BCUT2D eigenvalue weighted by Crippen LogP contribution is -2.29. The number of carbonyl (C=O) groups excluding carboxylic acids is 1. The van der Waals surface area contributed by atoms with Crippen LogP contribution in [-0.2, 0) is 15.6 Å². The van der Waals surface area contributed by atoms with Crippen LogP contribution in [0.1, 0.15) is 58.2 Å². The topological polar surface area (TPSA) is 49.3 Å². The summed E-state index contributed by atoms with van der Waals surface area (Å²) in [7, 11) is 0. The van der Waals surface area contributed by atoms with Crippen molar-refractivity contribution < 1.29 is 9.90 Å². The average molecular weight is 508 g/mol. The highest BCUT2D eigenvalue weighted by molar-refractivity contribution is 6.30. The van der Waals surface area contributed by atoms with Crippen LogP contribution in [0.3, 0.4) is 0 Å². The number of ketones is 1. The molecule has 0 bridgehead atoms. The van der Waals surface area contributed by atoms with Gasteiger partial charge in [-0.15, -0.1) is 0 Å². The van der Waals surface area contributed by atoms with Crippen LogP contribution in [0.5, 0.6) is 0 Å². The van der Waals surface area contributed by atoms with Crippen LogP contribution < -0.4 is 5.32 Å². The summed E-state index contributed by atoms with van der Waals surface area (Å²) in [5, 5.41) is 17.9. The predicted octanol–water partition coefficient (Wildman–Crippen LogP) is 8.56. The summed E-state index contributed by atoms with van der Waals surface area (Å²) < 4.78 is 0. The molecule has 0 saturated carbocycles. The molecule has 0 amide bonds. The molecule has 3 aromatic carbocycles. The van der Waals surface area contributed by atoms with Crippen LogP contribution in [0, 0.1) is 0 Å². The maximum absolute atomic E-state index is 13.6. The minimum atomic E-state index is -0.370. The molecule has 0 aromatic heterocycles. The van der Waals surface area contributed by atoms with E-state index >= 15 is 0 Å². The Morgan fingerprint density at radius 1 is 0.919 bits per heavy atom. The quantitative estimate of drug-likeness (QED) is 0.341. The number of rotatable bonds is 2. The first-order valence-corrected chi connectivity index (χ1v) is 13.0. The van der Waals surface area contributed by atoms with Gasteiger partial charge in [-0.1, -0.05) is 81.8 Å². The Kier molecular flexibility index (Phi) is 4.97. The third-order valence-electron chi connectivity index (χ3n) is 8.56. The number of carbonyl (C=O) groups is 1. The molecule has 1 aliphatic heterocycles. The average Bonchev–Trinajstić information content (AvgIpc) is 3.28. The van der Waals surface area contributed by atoms with Gasteiger partial charge in [-0.2, -0.15) is 0 Å². The van der Waals surface area contributed by atoms with Crippen molar-refractivity contribution in [2.45, 2.75) is 52.4 Å². The van der Waals surface area contributed by atoms with E-state index in [9.17, 15) is 9.90 Å². The van der Waals surface area contributed by atoms with Crippen LogP contribution in [0.25, 0.3) is 16.8 Å². The van der Waals surface area contributed by atoms with E-state index in [4.69, 9.17) is 11.6 Å². The number of fused-ring (bicyclic) bond motifs is 4. The van der Waals surface area contributed by atoms with E-state index < -0.39 is 0 Å². The van der Waals surface area contributed by atoms with E-state index in [1.807, 2.05) is 32.0 Å². The number of hydrogen-bond donors (Lipinski definition) is 2. The zero-order valence-electron chi connectivity index (χ0n) is 22.0. The highest BCUT2D eigenvalue weighted by Gasteiger charge is 2.44. The van der Waals surface area contributed by atoms with Crippen LogP contribution in [0.2, 0.25) is 5.02 Å². The van der Waals surface area contributed by atoms with E-state index in [2.05, 4.69) is 75.5 Å². The largest absolute Gasteiger partial charge is 0.506 e. The SMILES string of the molecule is C/C(C1=Cc2ccc3ccccc3c2C1(C)C)=C1/C(=O)C(C(/C)=C2/Nc3ccc(Cl)cc3C2(C)C)=C1O. The second-order valence-electron chi connectivity index (χ2n) is 11.4. The normalized spacial score (nSPS) is 21.8. The molecule has 6 rings (SSSR count). The number of Topliss-reactive ketones (excluding diaryl/α,β-unsaturated/α-hetero) is 1. The molecule has 0 unspecified atom stereocenters. The first-order valence-electron chi connectivity index (χ1n) is 12.7. The van der Waals surface area contributed by atoms with Crippen LogP contribution in [-0.4, -0.2) is 10.9 Å². The van der Waals surface area contributed by atoms with Gasteiger partial charge in [0.05, 0.1) is 11.1 Å². The fraction of sp³-hybridized carbons (Fsp3) is 0.242. The number of aliphatic hydroxyl groups excluding tert-OH is 1. The molecule has 3 nitrogen and oxygen atoms in total. The van der Waals surface area contributed by atoms with Crippen LogP contribution >= 0.6 is 11.6 Å². The molecular formula is C33H30ClNO2. The van der Waals surface area contributed by atoms with Crippen molar-refractivity contribution in [2.75, 3.05) is 5.32 Å². The van der Waals surface area contributed by atoms with Crippen molar-refractivity contribution >= 4 is 39.9 Å². The van der Waals surface area contributed by atoms with Gasteiger partial charge >= 0.3 is 0 Å². The summed E-state index contributed by atoms with van der Waals surface area (Å²) in [6.07, 6.45) is 2.18. The number of anilines is 1. The second-order valence-corrected chi connectivity index (χ2v) is 11.9. The van der Waals surface area contributed by atoms with Gasteiger partial charge in [0, 0.05) is 27.2 Å². The Morgan fingerprint density at radius 3 is 2.38 bits per heavy atom. The molecule has 1 heterocycles. The number of allylic oxidation sites excluding steroid dienone is 6. The third kappa shape index (κ3) is 3.17. The molecule has 186 valence electrons. The van der Waals surface area contributed by atoms with Gasteiger partial charge in [-0.3, -0.25) is 4.79 Å². The van der Waals surface area contributed by atoms with Crippen molar-refractivity contribution in [1.82, 2.24) is 0 Å². The van der Waals surface area contributed by atoms with Gasteiger partial charge in [0.15, 0.2) is 0 Å². The monoisotopic (exact) mass is 507 g/mol. The summed E-state index contributed by atoms with van der Waals surface area (Å²) in [5.41, 5.74) is 8.22. The highest BCUT2D eigenvalue weighted by Crippen LogP contribution is 2.51. The number of halogens is 1. The maximum Gasteiger partial charge on any atom is 0.201 e. The molecule has 2 aliphatic carbocycles. The predicted molar refractivity (Wildman–Crippen MR) is 153 cm³/mol. The molecule has 0 saturated heterocycles. The summed E-state index contributed by atoms with van der Waals surface area (Å²) >= 11 is 6.27. The molecule has 0 radical (unpaired) electrons. The number of aliphatic hydroxyl groups is 1. The van der Waals surface area contributed by atoms with Gasteiger partial charge in [-0.25, -0.2) is 0 Å². The molecule has 4 heteroatoms. The standard InChI is InChI=1S/C33H30ClNO2/c1-17(23-15-20-12-11-19-9-7-8-10-22(19)28(20)32(23,3)4)26-29(36)27(30(26)37)18(2)31-33(5,6)24-16-21(34)13-14-25(24)35-31/h7-16,35-36H,1-6H3/b26-17-,31-18+.